The van der Waals surface area contributed by atoms with Crippen molar-refractivity contribution in [1.29, 1.82) is 0 Å². The summed E-state index contributed by atoms with van der Waals surface area (Å²) in [5, 5.41) is 16.1. The highest BCUT2D eigenvalue weighted by Gasteiger charge is 2.61. The average molecular weight is 291 g/mol. The Hall–Kier alpha value is -0.970. The van der Waals surface area contributed by atoms with Crippen LogP contribution < -0.4 is 5.32 Å². The first-order valence-corrected chi connectivity index (χ1v) is 8.15. The van der Waals surface area contributed by atoms with E-state index in [1.807, 2.05) is 0 Å². The first kappa shape index (κ1) is 14.9. The molecule has 3 atom stereocenters. The summed E-state index contributed by atoms with van der Waals surface area (Å²) >= 11 is 0. The van der Waals surface area contributed by atoms with Crippen molar-refractivity contribution in [1.82, 2.24) is 25.5 Å². The molecule has 2 saturated carbocycles. The van der Waals surface area contributed by atoms with Crippen molar-refractivity contribution in [2.45, 2.75) is 78.9 Å². The molecule has 118 valence electrons. The average Bonchev–Trinajstić information content (AvgIpc) is 2.97. The maximum atomic E-state index is 4.37. The molecule has 3 rings (SSSR count). The van der Waals surface area contributed by atoms with Crippen molar-refractivity contribution >= 4 is 0 Å². The summed E-state index contributed by atoms with van der Waals surface area (Å²) in [5.74, 6) is 1.77. The summed E-state index contributed by atoms with van der Waals surface area (Å²) < 4.78 is 2.12. The van der Waals surface area contributed by atoms with E-state index >= 15 is 0 Å². The van der Waals surface area contributed by atoms with E-state index in [4.69, 9.17) is 0 Å². The van der Waals surface area contributed by atoms with Gasteiger partial charge in [-0.3, -0.25) is 0 Å². The monoisotopic (exact) mass is 291 g/mol. The van der Waals surface area contributed by atoms with Crippen LogP contribution in [0.2, 0.25) is 0 Å². The molecule has 0 spiro atoms. The second kappa shape index (κ2) is 4.51. The molecule has 1 N–H and O–H groups in total. The highest BCUT2D eigenvalue weighted by atomic mass is 15.6. The van der Waals surface area contributed by atoms with Gasteiger partial charge in [-0.05, 0) is 67.2 Å². The van der Waals surface area contributed by atoms with E-state index in [1.54, 1.807) is 0 Å². The third-order valence-electron chi connectivity index (χ3n) is 5.78. The van der Waals surface area contributed by atoms with Crippen LogP contribution in [-0.4, -0.2) is 25.7 Å². The van der Waals surface area contributed by atoms with Crippen molar-refractivity contribution in [2.24, 2.45) is 16.7 Å². The van der Waals surface area contributed by atoms with Gasteiger partial charge in [0, 0.05) is 5.54 Å². The number of nitrogens with one attached hydrogen (secondary N) is 1. The quantitative estimate of drug-likeness (QED) is 0.930. The fourth-order valence-corrected chi connectivity index (χ4v) is 4.76. The highest BCUT2D eigenvalue weighted by Crippen LogP contribution is 2.67. The molecule has 0 saturated heterocycles. The summed E-state index contributed by atoms with van der Waals surface area (Å²) in [4.78, 5) is 0. The number of aromatic nitrogens is 4. The fourth-order valence-electron chi connectivity index (χ4n) is 4.76. The SMILES string of the molecule is CC(C)(C)NCc1nnnn1C1C2(C)CCC(C2)C1(C)C. The molecule has 3 unspecified atom stereocenters. The fraction of sp³-hybridized carbons (Fsp3) is 0.938. The number of tetrazole rings is 1. The Morgan fingerprint density at radius 2 is 2.00 bits per heavy atom. The number of nitrogens with zero attached hydrogens (tertiary/aromatic N) is 4. The van der Waals surface area contributed by atoms with Crippen LogP contribution in [0, 0.1) is 16.7 Å². The van der Waals surface area contributed by atoms with Crippen LogP contribution in [0.15, 0.2) is 0 Å². The summed E-state index contributed by atoms with van der Waals surface area (Å²) in [6.07, 6.45) is 3.98. The van der Waals surface area contributed by atoms with Gasteiger partial charge in [0.1, 0.15) is 0 Å². The number of fused-ring (bicyclic) bond motifs is 2. The van der Waals surface area contributed by atoms with E-state index in [0.717, 1.165) is 18.3 Å². The zero-order valence-electron chi connectivity index (χ0n) is 14.3. The number of hydrogen-bond acceptors (Lipinski definition) is 4. The maximum Gasteiger partial charge on any atom is 0.165 e. The van der Waals surface area contributed by atoms with Crippen molar-refractivity contribution in [2.75, 3.05) is 0 Å². The highest BCUT2D eigenvalue weighted by molar-refractivity contribution is 5.11. The molecule has 1 aromatic rings. The summed E-state index contributed by atoms with van der Waals surface area (Å²) in [7, 11) is 0. The van der Waals surface area contributed by atoms with E-state index in [-0.39, 0.29) is 11.0 Å². The molecule has 21 heavy (non-hydrogen) atoms. The van der Waals surface area contributed by atoms with E-state index in [2.05, 4.69) is 67.1 Å². The lowest BCUT2D eigenvalue weighted by molar-refractivity contribution is 0.0689. The Bertz CT molecular complexity index is 522. The molecular weight excluding hydrogens is 262 g/mol. The molecule has 5 heteroatoms. The minimum atomic E-state index is 0.0743. The molecule has 0 amide bonds. The minimum Gasteiger partial charge on any atom is -0.305 e. The summed E-state index contributed by atoms with van der Waals surface area (Å²) in [6.45, 7) is 14.5. The third kappa shape index (κ3) is 2.39. The Balaban J connectivity index is 1.89. The van der Waals surface area contributed by atoms with Crippen LogP contribution in [0.5, 0.6) is 0 Å². The van der Waals surface area contributed by atoms with Gasteiger partial charge in [0.15, 0.2) is 5.82 Å². The molecule has 0 aromatic carbocycles. The first-order chi connectivity index (χ1) is 9.63. The Labute approximate surface area is 127 Å². The van der Waals surface area contributed by atoms with Crippen LogP contribution in [0.1, 0.15) is 72.7 Å². The lowest BCUT2D eigenvalue weighted by Crippen LogP contribution is -2.41. The molecule has 2 fully saturated rings. The van der Waals surface area contributed by atoms with Gasteiger partial charge in [0.05, 0.1) is 12.6 Å². The van der Waals surface area contributed by atoms with Crippen LogP contribution in [0.3, 0.4) is 0 Å². The van der Waals surface area contributed by atoms with E-state index in [9.17, 15) is 0 Å². The zero-order chi connectivity index (χ0) is 15.5. The Morgan fingerprint density at radius 1 is 1.29 bits per heavy atom. The molecule has 2 bridgehead atoms. The molecule has 1 aromatic heterocycles. The Morgan fingerprint density at radius 3 is 2.57 bits per heavy atom. The maximum absolute atomic E-state index is 4.37. The lowest BCUT2D eigenvalue weighted by Gasteiger charge is -2.42. The van der Waals surface area contributed by atoms with Gasteiger partial charge in [-0.2, -0.15) is 0 Å². The lowest BCUT2D eigenvalue weighted by atomic mass is 9.68. The van der Waals surface area contributed by atoms with E-state index < -0.39 is 0 Å². The predicted octanol–water partition coefficient (Wildman–Crippen LogP) is 2.95. The van der Waals surface area contributed by atoms with E-state index in [0.29, 0.717) is 11.5 Å². The first-order valence-electron chi connectivity index (χ1n) is 8.15. The molecule has 5 nitrogen and oxygen atoms in total. The van der Waals surface area contributed by atoms with Crippen LogP contribution in [0.25, 0.3) is 0 Å². The van der Waals surface area contributed by atoms with Gasteiger partial charge in [-0.15, -0.1) is 5.10 Å². The minimum absolute atomic E-state index is 0.0743. The summed E-state index contributed by atoms with van der Waals surface area (Å²) in [5.41, 5.74) is 0.698. The second-order valence-corrected chi connectivity index (χ2v) is 8.96. The van der Waals surface area contributed by atoms with Gasteiger partial charge in [0.25, 0.3) is 0 Å². The normalized spacial score (nSPS) is 34.6. The number of hydrogen-bond donors (Lipinski definition) is 1. The van der Waals surface area contributed by atoms with Gasteiger partial charge < -0.3 is 5.32 Å². The van der Waals surface area contributed by atoms with Crippen LogP contribution in [-0.2, 0) is 6.54 Å². The standard InChI is InChI=1S/C16H29N5/c1-14(2,3)17-10-12-18-19-20-21(12)13-15(4,5)11-7-8-16(13,6)9-11/h11,13,17H,7-10H2,1-6H3. The second-order valence-electron chi connectivity index (χ2n) is 8.96. The van der Waals surface area contributed by atoms with Gasteiger partial charge >= 0.3 is 0 Å². The predicted molar refractivity (Wildman–Crippen MR) is 82.7 cm³/mol. The molecular formula is C16H29N5. The van der Waals surface area contributed by atoms with E-state index in [1.165, 1.54) is 19.3 Å². The topological polar surface area (TPSA) is 55.6 Å². The zero-order valence-corrected chi connectivity index (χ0v) is 14.3. The van der Waals surface area contributed by atoms with Gasteiger partial charge in [-0.1, -0.05) is 20.8 Å². The van der Waals surface area contributed by atoms with Crippen molar-refractivity contribution < 1.29 is 0 Å². The van der Waals surface area contributed by atoms with Crippen molar-refractivity contribution in [3.8, 4) is 0 Å². The van der Waals surface area contributed by atoms with Crippen molar-refractivity contribution in [3.63, 3.8) is 0 Å². The molecule has 2 aliphatic rings. The number of rotatable bonds is 3. The third-order valence-corrected chi connectivity index (χ3v) is 5.78. The molecule has 0 radical (unpaired) electrons. The Kier molecular flexibility index (Phi) is 3.21. The summed E-state index contributed by atoms with van der Waals surface area (Å²) in [6, 6.07) is 0.413. The molecule has 1 heterocycles. The van der Waals surface area contributed by atoms with Gasteiger partial charge in [0.2, 0.25) is 0 Å². The van der Waals surface area contributed by atoms with Crippen molar-refractivity contribution in [3.05, 3.63) is 5.82 Å². The molecule has 2 aliphatic carbocycles. The smallest absolute Gasteiger partial charge is 0.165 e. The molecule has 0 aliphatic heterocycles. The largest absolute Gasteiger partial charge is 0.305 e. The van der Waals surface area contributed by atoms with Crippen LogP contribution >= 0.6 is 0 Å². The van der Waals surface area contributed by atoms with Crippen LogP contribution in [0.4, 0.5) is 0 Å². The van der Waals surface area contributed by atoms with Gasteiger partial charge in [-0.25, -0.2) is 4.68 Å².